The van der Waals surface area contributed by atoms with E-state index in [9.17, 15) is 14.4 Å². The van der Waals surface area contributed by atoms with Gasteiger partial charge in [-0.15, -0.1) is 0 Å². The Balaban J connectivity index is 1.17. The van der Waals surface area contributed by atoms with Crippen molar-refractivity contribution in [3.8, 4) is 0 Å². The molecule has 1 saturated carbocycles. The maximum Gasteiger partial charge on any atom is 0.255 e. The number of carbonyl (C=O) groups is 3. The van der Waals surface area contributed by atoms with E-state index in [1.807, 2.05) is 12.1 Å². The predicted octanol–water partition coefficient (Wildman–Crippen LogP) is 0.537. The summed E-state index contributed by atoms with van der Waals surface area (Å²) in [6.45, 7) is 4.65. The zero-order valence-electron chi connectivity index (χ0n) is 15.9. The molecule has 3 N–H and O–H groups in total. The molecule has 1 atom stereocenters. The third kappa shape index (κ3) is 3.02. The molecular weight excluding hydrogens is 356 g/mol. The zero-order valence-corrected chi connectivity index (χ0v) is 15.9. The van der Waals surface area contributed by atoms with E-state index in [1.54, 1.807) is 4.90 Å². The molecule has 7 heteroatoms. The second-order valence-electron chi connectivity index (χ2n) is 8.90. The lowest BCUT2D eigenvalue weighted by Gasteiger charge is -2.54. The average Bonchev–Trinajstić information content (AvgIpc) is 2.91. The standard InChI is InChI=1S/C21H26N4O3/c26-18-4-3-17(19(27)24-18)25-10-15-5-13(1-2-16(15)20(25)28)8-22-9-14-6-21(7-14)11-23-12-21/h1-2,5,14,17,22-23H,3-4,6-12H2,(H,24,26,27). The summed E-state index contributed by atoms with van der Waals surface area (Å²) in [4.78, 5) is 37.8. The highest BCUT2D eigenvalue weighted by Gasteiger charge is 2.47. The number of rotatable bonds is 5. The van der Waals surface area contributed by atoms with Crippen molar-refractivity contribution in [2.45, 2.75) is 44.8 Å². The Morgan fingerprint density at radius 1 is 1.18 bits per heavy atom. The molecule has 1 unspecified atom stereocenters. The van der Waals surface area contributed by atoms with Gasteiger partial charge in [-0.1, -0.05) is 12.1 Å². The van der Waals surface area contributed by atoms with Crippen molar-refractivity contribution in [1.29, 1.82) is 0 Å². The summed E-state index contributed by atoms with van der Waals surface area (Å²) < 4.78 is 0. The summed E-state index contributed by atoms with van der Waals surface area (Å²) in [6.07, 6.45) is 3.33. The van der Waals surface area contributed by atoms with Gasteiger partial charge in [0.15, 0.2) is 0 Å². The molecule has 1 spiro atoms. The first-order valence-electron chi connectivity index (χ1n) is 10.2. The average molecular weight is 382 g/mol. The molecule has 0 radical (unpaired) electrons. The van der Waals surface area contributed by atoms with E-state index in [0.29, 0.717) is 23.9 Å². The van der Waals surface area contributed by atoms with Gasteiger partial charge in [-0.2, -0.15) is 0 Å². The molecular formula is C21H26N4O3. The fourth-order valence-electron chi connectivity index (χ4n) is 5.23. The van der Waals surface area contributed by atoms with E-state index in [0.717, 1.165) is 30.1 Å². The summed E-state index contributed by atoms with van der Waals surface area (Å²) in [7, 11) is 0. The lowest BCUT2D eigenvalue weighted by atomic mass is 9.58. The van der Waals surface area contributed by atoms with Crippen LogP contribution in [0, 0.1) is 11.3 Å². The lowest BCUT2D eigenvalue weighted by molar-refractivity contribution is -0.136. The Labute approximate surface area is 164 Å². The normalized spacial score (nSPS) is 26.1. The molecule has 7 nitrogen and oxygen atoms in total. The van der Waals surface area contributed by atoms with Crippen LogP contribution < -0.4 is 16.0 Å². The molecule has 3 amide bonds. The third-order valence-corrected chi connectivity index (χ3v) is 6.79. The molecule has 28 heavy (non-hydrogen) atoms. The largest absolute Gasteiger partial charge is 0.322 e. The number of hydrogen-bond donors (Lipinski definition) is 3. The molecule has 2 saturated heterocycles. The first-order valence-corrected chi connectivity index (χ1v) is 10.2. The Morgan fingerprint density at radius 2 is 2.00 bits per heavy atom. The Kier molecular flexibility index (Phi) is 4.25. The number of benzene rings is 1. The zero-order chi connectivity index (χ0) is 19.3. The van der Waals surface area contributed by atoms with Crippen LogP contribution in [0.4, 0.5) is 0 Å². The molecule has 3 aliphatic heterocycles. The first kappa shape index (κ1) is 17.8. The first-order chi connectivity index (χ1) is 13.5. The van der Waals surface area contributed by atoms with Gasteiger partial charge in [-0.05, 0) is 54.3 Å². The molecule has 148 valence electrons. The van der Waals surface area contributed by atoms with E-state index in [4.69, 9.17) is 0 Å². The van der Waals surface area contributed by atoms with Gasteiger partial charge in [0.2, 0.25) is 11.8 Å². The monoisotopic (exact) mass is 382 g/mol. The van der Waals surface area contributed by atoms with Crippen LogP contribution in [0.2, 0.25) is 0 Å². The van der Waals surface area contributed by atoms with Gasteiger partial charge < -0.3 is 15.5 Å². The van der Waals surface area contributed by atoms with E-state index >= 15 is 0 Å². The van der Waals surface area contributed by atoms with Crippen LogP contribution in [0.5, 0.6) is 0 Å². The quantitative estimate of drug-likeness (QED) is 0.647. The van der Waals surface area contributed by atoms with Crippen LogP contribution in [0.25, 0.3) is 0 Å². The van der Waals surface area contributed by atoms with Crippen molar-refractivity contribution >= 4 is 17.7 Å². The van der Waals surface area contributed by atoms with Gasteiger partial charge in [0, 0.05) is 38.2 Å². The fraction of sp³-hybridized carbons (Fsp3) is 0.571. The molecule has 4 aliphatic rings. The molecule has 0 bridgehead atoms. The van der Waals surface area contributed by atoms with E-state index in [-0.39, 0.29) is 24.1 Å². The maximum atomic E-state index is 12.7. The summed E-state index contributed by atoms with van der Waals surface area (Å²) in [5, 5.41) is 9.27. The summed E-state index contributed by atoms with van der Waals surface area (Å²) >= 11 is 0. The molecule has 1 aromatic rings. The second-order valence-corrected chi connectivity index (χ2v) is 8.90. The van der Waals surface area contributed by atoms with Crippen molar-refractivity contribution in [3.63, 3.8) is 0 Å². The number of carbonyl (C=O) groups excluding carboxylic acids is 3. The maximum absolute atomic E-state index is 12.7. The van der Waals surface area contributed by atoms with Gasteiger partial charge in [0.25, 0.3) is 5.91 Å². The number of piperidine rings is 1. The van der Waals surface area contributed by atoms with E-state index < -0.39 is 6.04 Å². The van der Waals surface area contributed by atoms with Crippen molar-refractivity contribution in [2.24, 2.45) is 11.3 Å². The van der Waals surface area contributed by atoms with Gasteiger partial charge in [0.05, 0.1) is 0 Å². The van der Waals surface area contributed by atoms with Crippen molar-refractivity contribution in [2.75, 3.05) is 19.6 Å². The number of imide groups is 1. The second kappa shape index (κ2) is 6.67. The van der Waals surface area contributed by atoms with Crippen molar-refractivity contribution < 1.29 is 14.4 Å². The van der Waals surface area contributed by atoms with Crippen LogP contribution in [0.1, 0.15) is 47.2 Å². The number of amides is 3. The number of hydrogen-bond acceptors (Lipinski definition) is 5. The summed E-state index contributed by atoms with van der Waals surface area (Å²) in [5.41, 5.74) is 3.42. The number of nitrogens with one attached hydrogen (secondary N) is 3. The van der Waals surface area contributed by atoms with Gasteiger partial charge >= 0.3 is 0 Å². The molecule has 1 aliphatic carbocycles. The van der Waals surface area contributed by atoms with Crippen LogP contribution in [-0.4, -0.2) is 48.3 Å². The minimum atomic E-state index is -0.550. The smallest absolute Gasteiger partial charge is 0.255 e. The van der Waals surface area contributed by atoms with Gasteiger partial charge in [-0.3, -0.25) is 19.7 Å². The van der Waals surface area contributed by atoms with Gasteiger partial charge in [0.1, 0.15) is 6.04 Å². The fourth-order valence-corrected chi connectivity index (χ4v) is 5.23. The van der Waals surface area contributed by atoms with Crippen LogP contribution in [-0.2, 0) is 22.7 Å². The highest BCUT2D eigenvalue weighted by atomic mass is 16.2. The summed E-state index contributed by atoms with van der Waals surface area (Å²) in [5.74, 6) is 0.0444. The highest BCUT2D eigenvalue weighted by molar-refractivity contribution is 6.05. The van der Waals surface area contributed by atoms with Crippen LogP contribution >= 0.6 is 0 Å². The summed E-state index contributed by atoms with van der Waals surface area (Å²) in [6, 6.07) is 5.39. The molecule has 1 aromatic carbocycles. The molecule has 3 heterocycles. The van der Waals surface area contributed by atoms with Crippen molar-refractivity contribution in [1.82, 2.24) is 20.9 Å². The Morgan fingerprint density at radius 3 is 2.71 bits per heavy atom. The van der Waals surface area contributed by atoms with Crippen molar-refractivity contribution in [3.05, 3.63) is 34.9 Å². The molecule has 3 fully saturated rings. The topological polar surface area (TPSA) is 90.5 Å². The van der Waals surface area contributed by atoms with Crippen LogP contribution in [0.15, 0.2) is 18.2 Å². The van der Waals surface area contributed by atoms with Crippen LogP contribution in [0.3, 0.4) is 0 Å². The van der Waals surface area contributed by atoms with E-state index in [1.165, 1.54) is 25.9 Å². The van der Waals surface area contributed by atoms with E-state index in [2.05, 4.69) is 22.0 Å². The number of nitrogens with zero attached hydrogens (tertiary/aromatic N) is 1. The SMILES string of the molecule is O=C1CCC(N2Cc3cc(CNCC4CC5(CNC5)C4)ccc3C2=O)C(=O)N1. The Hall–Kier alpha value is -2.25. The molecule has 5 rings (SSSR count). The minimum absolute atomic E-state index is 0.113. The lowest BCUT2D eigenvalue weighted by Crippen LogP contribution is -2.61. The minimum Gasteiger partial charge on any atom is -0.322 e. The molecule has 0 aromatic heterocycles. The highest BCUT2D eigenvalue weighted by Crippen LogP contribution is 2.47. The number of fused-ring (bicyclic) bond motifs is 1. The third-order valence-electron chi connectivity index (χ3n) is 6.79. The Bertz CT molecular complexity index is 840. The predicted molar refractivity (Wildman–Crippen MR) is 102 cm³/mol. The van der Waals surface area contributed by atoms with Gasteiger partial charge in [-0.25, -0.2) is 0 Å².